The Morgan fingerprint density at radius 3 is 3.05 bits per heavy atom. The number of aryl methyl sites for hydroxylation is 2. The lowest BCUT2D eigenvalue weighted by Crippen LogP contribution is -2.25. The second kappa shape index (κ2) is 6.27. The molecule has 1 amide bonds. The van der Waals surface area contributed by atoms with Gasteiger partial charge in [0.1, 0.15) is 5.01 Å². The number of rotatable bonds is 6. The van der Waals surface area contributed by atoms with Gasteiger partial charge < -0.3 is 5.32 Å². The van der Waals surface area contributed by atoms with Crippen molar-refractivity contribution in [2.24, 2.45) is 0 Å². The third-order valence-corrected chi connectivity index (χ3v) is 4.54. The molecule has 0 aliphatic carbocycles. The van der Waals surface area contributed by atoms with E-state index in [-0.39, 0.29) is 5.91 Å². The minimum atomic E-state index is 0.0351. The van der Waals surface area contributed by atoms with Crippen LogP contribution in [0.3, 0.4) is 0 Å². The first-order valence-corrected chi connectivity index (χ1v) is 8.30. The van der Waals surface area contributed by atoms with E-state index in [2.05, 4.69) is 25.6 Å². The van der Waals surface area contributed by atoms with Gasteiger partial charge in [-0.1, -0.05) is 11.3 Å². The van der Waals surface area contributed by atoms with E-state index in [1.54, 1.807) is 21.4 Å². The van der Waals surface area contributed by atoms with Gasteiger partial charge in [-0.05, 0) is 6.92 Å². The predicted octanol–water partition coefficient (Wildman–Crippen LogP) is 1.24. The normalized spacial score (nSPS) is 11.1. The van der Waals surface area contributed by atoms with Crippen LogP contribution in [-0.2, 0) is 17.6 Å². The zero-order valence-corrected chi connectivity index (χ0v) is 13.1. The highest BCUT2D eigenvalue weighted by Gasteiger charge is 2.10. The number of carbonyl (C=O) groups is 1. The number of aromatic nitrogens is 5. The lowest BCUT2D eigenvalue weighted by atomic mass is 10.3. The molecule has 0 saturated heterocycles. The maximum Gasteiger partial charge on any atom is 0.234 e. The molecule has 0 bridgehead atoms. The number of hydrogen-bond donors (Lipinski definition) is 1. The summed E-state index contributed by atoms with van der Waals surface area (Å²) >= 11 is 3.04. The predicted molar refractivity (Wildman–Crippen MR) is 80.5 cm³/mol. The number of hydrogen-bond acceptors (Lipinski definition) is 7. The summed E-state index contributed by atoms with van der Waals surface area (Å²) in [4.78, 5) is 16.7. The van der Waals surface area contributed by atoms with Crippen molar-refractivity contribution in [2.45, 2.75) is 26.2 Å². The van der Waals surface area contributed by atoms with Gasteiger partial charge in [0.2, 0.25) is 10.9 Å². The minimum Gasteiger partial charge on any atom is -0.356 e. The minimum absolute atomic E-state index is 0.0351. The highest BCUT2D eigenvalue weighted by Crippen LogP contribution is 2.14. The first-order valence-electron chi connectivity index (χ1n) is 6.54. The number of carbonyl (C=O) groups excluding carboxylic acids is 1. The summed E-state index contributed by atoms with van der Waals surface area (Å²) in [6.45, 7) is 2.47. The topological polar surface area (TPSA) is 85.1 Å². The van der Waals surface area contributed by atoms with Gasteiger partial charge in [0.05, 0.1) is 11.2 Å². The van der Waals surface area contributed by atoms with Gasteiger partial charge in [0.25, 0.3) is 0 Å². The lowest BCUT2D eigenvalue weighted by molar-refractivity contribution is -0.121. The molecule has 110 valence electrons. The standard InChI is InChI=1S/C12H14N6OS2/c1-8-15-16-12-18(8)17-11(21-12)3-2-10(19)13-5-4-9-6-20-7-14-9/h6-7H,2-5H2,1H3,(H,13,19). The van der Waals surface area contributed by atoms with Crippen LogP contribution in [0.5, 0.6) is 0 Å². The number of amides is 1. The van der Waals surface area contributed by atoms with Gasteiger partial charge in [-0.15, -0.1) is 21.5 Å². The second-order valence-corrected chi connectivity index (χ2v) is 6.28. The van der Waals surface area contributed by atoms with Crippen molar-refractivity contribution in [1.82, 2.24) is 30.1 Å². The molecule has 0 fully saturated rings. The van der Waals surface area contributed by atoms with Crippen molar-refractivity contribution in [1.29, 1.82) is 0 Å². The Labute approximate surface area is 129 Å². The van der Waals surface area contributed by atoms with E-state index in [1.165, 1.54) is 11.3 Å². The van der Waals surface area contributed by atoms with E-state index in [1.807, 2.05) is 12.3 Å². The average molecular weight is 322 g/mol. The Hall–Kier alpha value is -1.87. The molecule has 0 saturated carbocycles. The van der Waals surface area contributed by atoms with Gasteiger partial charge in [0.15, 0.2) is 5.82 Å². The fraction of sp³-hybridized carbons (Fsp3) is 0.417. The van der Waals surface area contributed by atoms with Gasteiger partial charge >= 0.3 is 0 Å². The summed E-state index contributed by atoms with van der Waals surface area (Å²) in [7, 11) is 0. The Balaban J connectivity index is 1.44. The van der Waals surface area contributed by atoms with E-state index in [4.69, 9.17) is 0 Å². The van der Waals surface area contributed by atoms with Crippen LogP contribution in [0.15, 0.2) is 10.9 Å². The molecule has 7 nitrogen and oxygen atoms in total. The zero-order chi connectivity index (χ0) is 14.7. The Morgan fingerprint density at radius 2 is 2.29 bits per heavy atom. The fourth-order valence-corrected chi connectivity index (χ4v) is 3.33. The van der Waals surface area contributed by atoms with E-state index in [9.17, 15) is 4.79 Å². The molecule has 0 aromatic carbocycles. The quantitative estimate of drug-likeness (QED) is 0.738. The van der Waals surface area contributed by atoms with Crippen molar-refractivity contribution in [3.63, 3.8) is 0 Å². The SMILES string of the molecule is Cc1nnc2sc(CCC(=O)NCCc3cscn3)nn12. The van der Waals surface area contributed by atoms with Crippen molar-refractivity contribution in [3.05, 3.63) is 27.4 Å². The third-order valence-electron chi connectivity index (χ3n) is 2.94. The fourth-order valence-electron chi connectivity index (χ4n) is 1.86. The molecule has 9 heteroatoms. The molecule has 1 N–H and O–H groups in total. The van der Waals surface area contributed by atoms with Crippen LogP contribution >= 0.6 is 22.7 Å². The summed E-state index contributed by atoms with van der Waals surface area (Å²) in [6, 6.07) is 0. The summed E-state index contributed by atoms with van der Waals surface area (Å²) in [5, 5.41) is 18.1. The van der Waals surface area contributed by atoms with Crippen LogP contribution in [-0.4, -0.2) is 37.2 Å². The summed E-state index contributed by atoms with van der Waals surface area (Å²) in [5.74, 6) is 0.799. The maximum atomic E-state index is 11.8. The first-order chi connectivity index (χ1) is 10.2. The van der Waals surface area contributed by atoms with Crippen molar-refractivity contribution < 1.29 is 4.79 Å². The first kappa shape index (κ1) is 14.1. The van der Waals surface area contributed by atoms with Crippen molar-refractivity contribution in [2.75, 3.05) is 6.54 Å². The smallest absolute Gasteiger partial charge is 0.234 e. The average Bonchev–Trinajstić information content (AvgIpc) is 3.16. The molecule has 3 aromatic heterocycles. The largest absolute Gasteiger partial charge is 0.356 e. The van der Waals surface area contributed by atoms with Crippen LogP contribution in [0.1, 0.15) is 22.9 Å². The van der Waals surface area contributed by atoms with Gasteiger partial charge in [-0.3, -0.25) is 4.79 Å². The van der Waals surface area contributed by atoms with E-state index >= 15 is 0 Å². The van der Waals surface area contributed by atoms with Gasteiger partial charge in [-0.25, -0.2) is 4.98 Å². The van der Waals surface area contributed by atoms with Crippen LogP contribution in [0, 0.1) is 6.92 Å². The summed E-state index contributed by atoms with van der Waals surface area (Å²) < 4.78 is 1.71. The molecule has 3 rings (SSSR count). The van der Waals surface area contributed by atoms with Crippen molar-refractivity contribution >= 4 is 33.5 Å². The molecule has 3 heterocycles. The van der Waals surface area contributed by atoms with Gasteiger partial charge in [0, 0.05) is 31.2 Å². The van der Waals surface area contributed by atoms with Crippen LogP contribution in [0.25, 0.3) is 4.96 Å². The maximum absolute atomic E-state index is 11.8. The van der Waals surface area contributed by atoms with Crippen LogP contribution < -0.4 is 5.32 Å². The zero-order valence-electron chi connectivity index (χ0n) is 11.4. The molecule has 3 aromatic rings. The summed E-state index contributed by atoms with van der Waals surface area (Å²) in [5.41, 5.74) is 2.82. The second-order valence-electron chi connectivity index (χ2n) is 4.52. The highest BCUT2D eigenvalue weighted by atomic mass is 32.1. The number of nitrogens with one attached hydrogen (secondary N) is 1. The highest BCUT2D eigenvalue weighted by molar-refractivity contribution is 7.16. The lowest BCUT2D eigenvalue weighted by Gasteiger charge is -2.02. The van der Waals surface area contributed by atoms with Crippen molar-refractivity contribution in [3.8, 4) is 0 Å². The Kier molecular flexibility index (Phi) is 4.20. The summed E-state index contributed by atoms with van der Waals surface area (Å²) in [6.07, 6.45) is 1.82. The third kappa shape index (κ3) is 3.42. The molecule has 21 heavy (non-hydrogen) atoms. The molecule has 0 unspecified atom stereocenters. The number of thiazole rings is 1. The Bertz CT molecular complexity index is 732. The van der Waals surface area contributed by atoms with Crippen LogP contribution in [0.4, 0.5) is 0 Å². The molecular weight excluding hydrogens is 308 g/mol. The molecule has 0 aliphatic rings. The molecule has 0 spiro atoms. The molecule has 0 aliphatic heterocycles. The molecule has 0 atom stereocenters. The van der Waals surface area contributed by atoms with Crippen LogP contribution in [0.2, 0.25) is 0 Å². The van der Waals surface area contributed by atoms with E-state index < -0.39 is 0 Å². The molecular formula is C12H14N6OS2. The van der Waals surface area contributed by atoms with E-state index in [0.29, 0.717) is 19.4 Å². The monoisotopic (exact) mass is 322 g/mol. The van der Waals surface area contributed by atoms with E-state index in [0.717, 1.165) is 27.9 Å². The Morgan fingerprint density at radius 1 is 1.38 bits per heavy atom. The number of fused-ring (bicyclic) bond motifs is 1. The molecule has 0 radical (unpaired) electrons. The van der Waals surface area contributed by atoms with Gasteiger partial charge in [-0.2, -0.15) is 9.61 Å². The number of nitrogens with zero attached hydrogens (tertiary/aromatic N) is 5.